The number of fused-ring (bicyclic) bond motifs is 1. The molecule has 194 valence electrons. The molecule has 3 aromatic rings. The number of benzene rings is 1. The van der Waals surface area contributed by atoms with Crippen LogP contribution in [0, 0.1) is 0 Å². The average molecular weight is 503 g/mol. The van der Waals surface area contributed by atoms with E-state index in [-0.39, 0.29) is 11.3 Å². The van der Waals surface area contributed by atoms with Crippen molar-refractivity contribution in [3.63, 3.8) is 0 Å². The Kier molecular flexibility index (Phi) is 7.25. The van der Waals surface area contributed by atoms with Crippen molar-refractivity contribution in [1.82, 2.24) is 15.3 Å². The lowest BCUT2D eigenvalue weighted by atomic mass is 9.87. The number of carbonyl (C=O) groups is 1. The number of nitrogens with one attached hydrogen (secondary N) is 3. The summed E-state index contributed by atoms with van der Waals surface area (Å²) in [7, 11) is 1.58. The van der Waals surface area contributed by atoms with Gasteiger partial charge in [-0.05, 0) is 60.8 Å². The van der Waals surface area contributed by atoms with Gasteiger partial charge in [0.05, 0.1) is 31.5 Å². The van der Waals surface area contributed by atoms with Crippen molar-refractivity contribution in [3.05, 3.63) is 71.5 Å². The molecule has 0 spiro atoms. The first-order valence-corrected chi connectivity index (χ1v) is 12.7. The Morgan fingerprint density at radius 1 is 1.19 bits per heavy atom. The zero-order chi connectivity index (χ0) is 25.8. The van der Waals surface area contributed by atoms with Gasteiger partial charge >= 0.3 is 0 Å². The first-order chi connectivity index (χ1) is 17.9. The highest BCUT2D eigenvalue weighted by Crippen LogP contribution is 2.42. The number of hydrogen-bond acceptors (Lipinski definition) is 8. The molecule has 0 radical (unpaired) electrons. The van der Waals surface area contributed by atoms with E-state index < -0.39 is 0 Å². The van der Waals surface area contributed by atoms with Gasteiger partial charge < -0.3 is 20.7 Å². The third-order valence-electron chi connectivity index (χ3n) is 6.91. The van der Waals surface area contributed by atoms with E-state index in [0.717, 1.165) is 30.8 Å². The lowest BCUT2D eigenvalue weighted by Crippen LogP contribution is -2.34. The fourth-order valence-corrected chi connectivity index (χ4v) is 4.90. The number of hydroxylamine groups is 1. The highest BCUT2D eigenvalue weighted by Gasteiger charge is 2.36. The first kappa shape index (κ1) is 25.0. The standard InChI is InChI=1S/C28H34N6O3/c1-28(2)18-34(37-17-21-6-4-11-29-21)24-15-20(8-9-23(24)28)33-27(35)22-7-5-12-31-26(22)32-16-19-10-13-30-25(14-19)36-3/h5,7-10,12-15,21,29H,4,6,11,16-18H2,1-3H3,(H,31,32)(H,33,35). The van der Waals surface area contributed by atoms with Crippen molar-refractivity contribution in [1.29, 1.82) is 0 Å². The molecule has 9 nitrogen and oxygen atoms in total. The van der Waals surface area contributed by atoms with Crippen LogP contribution in [-0.4, -0.2) is 48.7 Å². The molecular weight excluding hydrogens is 468 g/mol. The summed E-state index contributed by atoms with van der Waals surface area (Å²) < 4.78 is 5.19. The van der Waals surface area contributed by atoms with E-state index in [4.69, 9.17) is 9.57 Å². The predicted octanol–water partition coefficient (Wildman–Crippen LogP) is 4.13. The number of hydrogen-bond donors (Lipinski definition) is 3. The van der Waals surface area contributed by atoms with Gasteiger partial charge in [-0.1, -0.05) is 19.9 Å². The third kappa shape index (κ3) is 5.68. The lowest BCUT2D eigenvalue weighted by molar-refractivity contribution is 0.0905. The predicted molar refractivity (Wildman–Crippen MR) is 144 cm³/mol. The average Bonchev–Trinajstić information content (AvgIpc) is 3.52. The van der Waals surface area contributed by atoms with Crippen LogP contribution < -0.4 is 25.8 Å². The van der Waals surface area contributed by atoms with Gasteiger partial charge in [0.25, 0.3) is 5.91 Å². The topological polar surface area (TPSA) is 101 Å². The molecule has 1 fully saturated rings. The Balaban J connectivity index is 1.29. The van der Waals surface area contributed by atoms with Crippen molar-refractivity contribution >= 4 is 23.1 Å². The quantitative estimate of drug-likeness (QED) is 0.402. The maximum absolute atomic E-state index is 13.3. The molecule has 1 saturated heterocycles. The summed E-state index contributed by atoms with van der Waals surface area (Å²) >= 11 is 0. The highest BCUT2D eigenvalue weighted by molar-refractivity contribution is 6.07. The van der Waals surface area contributed by atoms with Crippen molar-refractivity contribution in [2.75, 3.05) is 42.5 Å². The number of anilines is 3. The van der Waals surface area contributed by atoms with Crippen LogP contribution in [0.4, 0.5) is 17.2 Å². The molecule has 2 aromatic heterocycles. The molecule has 2 aliphatic rings. The van der Waals surface area contributed by atoms with E-state index >= 15 is 0 Å². The van der Waals surface area contributed by atoms with Crippen molar-refractivity contribution in [3.8, 4) is 5.88 Å². The summed E-state index contributed by atoms with van der Waals surface area (Å²) in [5.41, 5.74) is 4.31. The molecule has 1 atom stereocenters. The van der Waals surface area contributed by atoms with Gasteiger partial charge in [0, 0.05) is 42.1 Å². The minimum absolute atomic E-state index is 0.0446. The fourth-order valence-electron chi connectivity index (χ4n) is 4.90. The molecule has 0 aliphatic carbocycles. The molecule has 0 bridgehead atoms. The molecule has 1 aromatic carbocycles. The van der Waals surface area contributed by atoms with Crippen LogP contribution in [0.25, 0.3) is 0 Å². The van der Waals surface area contributed by atoms with E-state index in [0.29, 0.717) is 42.1 Å². The van der Waals surface area contributed by atoms with Crippen molar-refractivity contribution in [2.24, 2.45) is 0 Å². The van der Waals surface area contributed by atoms with Gasteiger partial charge in [-0.25, -0.2) is 9.97 Å². The summed E-state index contributed by atoms with van der Waals surface area (Å²) in [5.74, 6) is 0.811. The van der Waals surface area contributed by atoms with Crippen LogP contribution in [0.1, 0.15) is 48.2 Å². The molecule has 2 aliphatic heterocycles. The van der Waals surface area contributed by atoms with Crippen LogP contribution in [0.3, 0.4) is 0 Å². The summed E-state index contributed by atoms with van der Waals surface area (Å²) in [6.45, 7) is 7.37. The SMILES string of the molecule is COc1cc(CNc2ncccc2C(=O)Nc2ccc3c(c2)N(OCC2CCCN2)CC3(C)C)ccn1. The maximum Gasteiger partial charge on any atom is 0.259 e. The van der Waals surface area contributed by atoms with Gasteiger partial charge in [0.15, 0.2) is 0 Å². The van der Waals surface area contributed by atoms with E-state index in [1.54, 1.807) is 31.6 Å². The highest BCUT2D eigenvalue weighted by atomic mass is 16.7. The van der Waals surface area contributed by atoms with Crippen LogP contribution in [0.15, 0.2) is 54.9 Å². The number of carbonyl (C=O) groups excluding carboxylic acids is 1. The number of rotatable bonds is 9. The van der Waals surface area contributed by atoms with E-state index in [9.17, 15) is 4.79 Å². The lowest BCUT2D eigenvalue weighted by Gasteiger charge is -2.23. The van der Waals surface area contributed by atoms with Crippen LogP contribution in [0.5, 0.6) is 5.88 Å². The molecule has 37 heavy (non-hydrogen) atoms. The second kappa shape index (κ2) is 10.7. The Morgan fingerprint density at radius 3 is 2.89 bits per heavy atom. The van der Waals surface area contributed by atoms with Crippen LogP contribution in [0.2, 0.25) is 0 Å². The maximum atomic E-state index is 13.3. The summed E-state index contributed by atoms with van der Waals surface area (Å²) in [6, 6.07) is 13.7. The largest absolute Gasteiger partial charge is 0.481 e. The zero-order valence-electron chi connectivity index (χ0n) is 21.6. The normalized spacial score (nSPS) is 17.9. The minimum atomic E-state index is -0.234. The summed E-state index contributed by atoms with van der Waals surface area (Å²) in [4.78, 5) is 28.0. The number of aromatic nitrogens is 2. The number of amides is 1. The Hall–Kier alpha value is -3.69. The summed E-state index contributed by atoms with van der Waals surface area (Å²) in [6.07, 6.45) is 5.68. The Labute approximate surface area is 217 Å². The van der Waals surface area contributed by atoms with Crippen molar-refractivity contribution < 1.29 is 14.4 Å². The van der Waals surface area contributed by atoms with Gasteiger partial charge in [0.1, 0.15) is 5.82 Å². The third-order valence-corrected chi connectivity index (χ3v) is 6.91. The Morgan fingerprint density at radius 2 is 2.08 bits per heavy atom. The molecule has 3 N–H and O–H groups in total. The number of ether oxygens (including phenoxy) is 1. The number of pyridine rings is 2. The smallest absolute Gasteiger partial charge is 0.259 e. The molecule has 1 amide bonds. The van der Waals surface area contributed by atoms with Crippen molar-refractivity contribution in [2.45, 2.75) is 44.7 Å². The monoisotopic (exact) mass is 502 g/mol. The second-order valence-corrected chi connectivity index (χ2v) is 10.2. The molecule has 9 heteroatoms. The number of nitrogens with zero attached hydrogens (tertiary/aromatic N) is 3. The van der Waals surface area contributed by atoms with E-state index in [2.05, 4.69) is 45.8 Å². The van der Waals surface area contributed by atoms with E-state index in [1.807, 2.05) is 29.3 Å². The van der Waals surface area contributed by atoms with E-state index in [1.165, 1.54) is 12.0 Å². The minimum Gasteiger partial charge on any atom is -0.481 e. The van der Waals surface area contributed by atoms with Gasteiger partial charge in [0.2, 0.25) is 5.88 Å². The van der Waals surface area contributed by atoms with Gasteiger partial charge in [-0.2, -0.15) is 0 Å². The molecule has 1 unspecified atom stereocenters. The van der Waals surface area contributed by atoms with Gasteiger partial charge in [-0.15, -0.1) is 0 Å². The number of methoxy groups -OCH3 is 1. The molecule has 4 heterocycles. The second-order valence-electron chi connectivity index (χ2n) is 10.2. The summed E-state index contributed by atoms with van der Waals surface area (Å²) in [5, 5.41) is 11.8. The van der Waals surface area contributed by atoms with Crippen LogP contribution in [-0.2, 0) is 16.8 Å². The van der Waals surface area contributed by atoms with Crippen LogP contribution >= 0.6 is 0 Å². The van der Waals surface area contributed by atoms with Gasteiger partial charge in [-0.3, -0.25) is 14.7 Å². The molecule has 0 saturated carbocycles. The zero-order valence-corrected chi connectivity index (χ0v) is 21.6. The first-order valence-electron chi connectivity index (χ1n) is 12.7. The molecule has 5 rings (SSSR count). The Bertz CT molecular complexity index is 1260. The molecular formula is C28H34N6O3. The fraction of sp³-hybridized carbons (Fsp3) is 0.393.